The molecule has 0 unspecified atom stereocenters. The second-order valence-corrected chi connectivity index (χ2v) is 3.52. The van der Waals surface area contributed by atoms with Gasteiger partial charge in [0, 0.05) is 0 Å². The predicted molar refractivity (Wildman–Crippen MR) is 52.5 cm³/mol. The highest BCUT2D eigenvalue weighted by molar-refractivity contribution is 4.65. The molecule has 0 saturated carbocycles. The van der Waals surface area contributed by atoms with E-state index in [1.165, 1.54) is 19.3 Å². The molecule has 0 aromatic rings. The largest absolute Gasteiger partial charge is 0.394 e. The van der Waals surface area contributed by atoms with Gasteiger partial charge in [0.25, 0.3) is 0 Å². The molecule has 0 aromatic carbocycles. The van der Waals surface area contributed by atoms with Crippen LogP contribution in [-0.4, -0.2) is 34.1 Å². The zero-order chi connectivity index (χ0) is 10.1. The fraction of sp³-hybridized carbons (Fsp3) is 1.00. The molecule has 0 aliphatic rings. The summed E-state index contributed by atoms with van der Waals surface area (Å²) in [6, 6.07) is 0. The minimum absolute atomic E-state index is 0.351. The van der Waals surface area contributed by atoms with Crippen LogP contribution in [0.15, 0.2) is 0 Å². The van der Waals surface area contributed by atoms with E-state index in [1.807, 2.05) is 0 Å². The molecule has 0 saturated heterocycles. The molecule has 0 aliphatic heterocycles. The molecule has 3 heteroatoms. The molecular formula is C10H22O3. The van der Waals surface area contributed by atoms with E-state index in [1.54, 1.807) is 0 Å². The van der Waals surface area contributed by atoms with Gasteiger partial charge in [-0.15, -0.1) is 0 Å². The highest BCUT2D eigenvalue weighted by Gasteiger charge is 2.13. The van der Waals surface area contributed by atoms with E-state index in [4.69, 9.17) is 10.2 Å². The van der Waals surface area contributed by atoms with Crippen molar-refractivity contribution in [2.75, 3.05) is 6.61 Å². The summed E-state index contributed by atoms with van der Waals surface area (Å²) >= 11 is 0. The third kappa shape index (κ3) is 6.99. The number of aliphatic hydroxyl groups is 3. The lowest BCUT2D eigenvalue weighted by molar-refractivity contribution is -0.0185. The lowest BCUT2D eigenvalue weighted by Crippen LogP contribution is -2.28. The molecule has 0 bridgehead atoms. The van der Waals surface area contributed by atoms with Gasteiger partial charge in [0.1, 0.15) is 6.10 Å². The number of unbranched alkanes of at least 4 members (excludes halogenated alkanes) is 4. The van der Waals surface area contributed by atoms with Gasteiger partial charge < -0.3 is 15.3 Å². The minimum atomic E-state index is -0.967. The van der Waals surface area contributed by atoms with Gasteiger partial charge in [-0.25, -0.2) is 0 Å². The first-order chi connectivity index (χ1) is 6.22. The zero-order valence-corrected chi connectivity index (χ0v) is 8.45. The average Bonchev–Trinajstić information content (AvgIpc) is 2.16. The summed E-state index contributed by atoms with van der Waals surface area (Å²) in [5, 5.41) is 26.8. The second-order valence-electron chi connectivity index (χ2n) is 3.52. The fourth-order valence-electron chi connectivity index (χ4n) is 1.27. The van der Waals surface area contributed by atoms with Gasteiger partial charge in [-0.1, -0.05) is 39.0 Å². The van der Waals surface area contributed by atoms with Crippen LogP contribution >= 0.6 is 0 Å². The monoisotopic (exact) mass is 190 g/mol. The fourth-order valence-corrected chi connectivity index (χ4v) is 1.27. The second kappa shape index (κ2) is 8.48. The standard InChI is InChI=1S/C10H22O3/c1-2-3-4-5-6-7-9(12)10(13)8-11/h9-13H,2-8H2,1H3/t9-,10+/m1/s1. The SMILES string of the molecule is CCCCCCC[C@@H](O)[C@@H](O)CO. The Balaban J connectivity index is 3.21. The van der Waals surface area contributed by atoms with Crippen molar-refractivity contribution in [2.45, 2.75) is 57.7 Å². The molecule has 2 atom stereocenters. The van der Waals surface area contributed by atoms with Crippen molar-refractivity contribution in [1.29, 1.82) is 0 Å². The van der Waals surface area contributed by atoms with E-state index >= 15 is 0 Å². The van der Waals surface area contributed by atoms with E-state index in [-0.39, 0.29) is 6.61 Å². The Morgan fingerprint density at radius 1 is 0.923 bits per heavy atom. The van der Waals surface area contributed by atoms with E-state index in [0.29, 0.717) is 6.42 Å². The van der Waals surface area contributed by atoms with Crippen LogP contribution in [0.2, 0.25) is 0 Å². The molecular weight excluding hydrogens is 168 g/mol. The average molecular weight is 190 g/mol. The third-order valence-corrected chi connectivity index (χ3v) is 2.23. The maximum absolute atomic E-state index is 9.26. The van der Waals surface area contributed by atoms with E-state index in [0.717, 1.165) is 12.8 Å². The number of hydrogen-bond donors (Lipinski definition) is 3. The minimum Gasteiger partial charge on any atom is -0.394 e. The molecule has 0 rings (SSSR count). The highest BCUT2D eigenvalue weighted by atomic mass is 16.4. The van der Waals surface area contributed by atoms with E-state index in [2.05, 4.69) is 6.92 Å². The lowest BCUT2D eigenvalue weighted by atomic mass is 10.1. The van der Waals surface area contributed by atoms with Gasteiger partial charge >= 0.3 is 0 Å². The van der Waals surface area contributed by atoms with Crippen molar-refractivity contribution >= 4 is 0 Å². The normalized spacial score (nSPS) is 15.7. The van der Waals surface area contributed by atoms with Crippen LogP contribution in [0.5, 0.6) is 0 Å². The summed E-state index contributed by atoms with van der Waals surface area (Å²) < 4.78 is 0. The van der Waals surface area contributed by atoms with Crippen molar-refractivity contribution in [2.24, 2.45) is 0 Å². The van der Waals surface area contributed by atoms with E-state index in [9.17, 15) is 5.11 Å². The Labute approximate surface area is 80.4 Å². The van der Waals surface area contributed by atoms with Gasteiger partial charge in [-0.3, -0.25) is 0 Å². The molecule has 0 spiro atoms. The van der Waals surface area contributed by atoms with Crippen LogP contribution in [0.25, 0.3) is 0 Å². The van der Waals surface area contributed by atoms with E-state index < -0.39 is 12.2 Å². The Kier molecular flexibility index (Phi) is 8.40. The summed E-state index contributed by atoms with van der Waals surface area (Å²) in [4.78, 5) is 0. The summed E-state index contributed by atoms with van der Waals surface area (Å²) in [6.45, 7) is 1.81. The highest BCUT2D eigenvalue weighted by Crippen LogP contribution is 2.09. The molecule has 0 aromatic heterocycles. The Morgan fingerprint density at radius 2 is 1.54 bits per heavy atom. The smallest absolute Gasteiger partial charge is 0.103 e. The Morgan fingerprint density at radius 3 is 2.08 bits per heavy atom. The van der Waals surface area contributed by atoms with Crippen molar-refractivity contribution in [3.63, 3.8) is 0 Å². The topological polar surface area (TPSA) is 60.7 Å². The summed E-state index contributed by atoms with van der Waals surface area (Å²) in [7, 11) is 0. The van der Waals surface area contributed by atoms with Crippen molar-refractivity contribution < 1.29 is 15.3 Å². The number of rotatable bonds is 8. The van der Waals surface area contributed by atoms with Gasteiger partial charge in [0.05, 0.1) is 12.7 Å². The molecule has 0 radical (unpaired) electrons. The molecule has 3 N–H and O–H groups in total. The maximum atomic E-state index is 9.26. The molecule has 80 valence electrons. The number of aliphatic hydroxyl groups excluding tert-OH is 3. The van der Waals surface area contributed by atoms with Gasteiger partial charge in [0.2, 0.25) is 0 Å². The molecule has 13 heavy (non-hydrogen) atoms. The molecule has 0 aliphatic carbocycles. The Hall–Kier alpha value is -0.120. The molecule has 3 nitrogen and oxygen atoms in total. The van der Waals surface area contributed by atoms with Crippen LogP contribution in [0.3, 0.4) is 0 Å². The first-order valence-corrected chi connectivity index (χ1v) is 5.19. The van der Waals surface area contributed by atoms with Crippen LogP contribution in [-0.2, 0) is 0 Å². The van der Waals surface area contributed by atoms with Crippen molar-refractivity contribution in [1.82, 2.24) is 0 Å². The third-order valence-electron chi connectivity index (χ3n) is 2.23. The van der Waals surface area contributed by atoms with Gasteiger partial charge in [0.15, 0.2) is 0 Å². The summed E-state index contributed by atoms with van der Waals surface area (Å²) in [5.41, 5.74) is 0. The van der Waals surface area contributed by atoms with Crippen LogP contribution in [0.1, 0.15) is 45.4 Å². The van der Waals surface area contributed by atoms with Gasteiger partial charge in [-0.05, 0) is 6.42 Å². The first kappa shape index (κ1) is 12.9. The van der Waals surface area contributed by atoms with Crippen LogP contribution in [0.4, 0.5) is 0 Å². The summed E-state index contributed by atoms with van der Waals surface area (Å²) in [5.74, 6) is 0. The zero-order valence-electron chi connectivity index (χ0n) is 8.45. The molecule has 0 amide bonds. The molecule has 0 heterocycles. The Bertz CT molecular complexity index is 106. The predicted octanol–water partition coefficient (Wildman–Crippen LogP) is 1.06. The number of hydrogen-bond acceptors (Lipinski definition) is 3. The van der Waals surface area contributed by atoms with Gasteiger partial charge in [-0.2, -0.15) is 0 Å². The van der Waals surface area contributed by atoms with Crippen molar-refractivity contribution in [3.8, 4) is 0 Å². The molecule has 0 fully saturated rings. The maximum Gasteiger partial charge on any atom is 0.103 e. The summed E-state index contributed by atoms with van der Waals surface area (Å²) in [6.07, 6.45) is 4.53. The van der Waals surface area contributed by atoms with Crippen LogP contribution in [0, 0.1) is 0 Å². The quantitative estimate of drug-likeness (QED) is 0.502. The van der Waals surface area contributed by atoms with Crippen molar-refractivity contribution in [3.05, 3.63) is 0 Å². The lowest BCUT2D eigenvalue weighted by Gasteiger charge is -2.14. The first-order valence-electron chi connectivity index (χ1n) is 5.19. The van der Waals surface area contributed by atoms with Crippen LogP contribution < -0.4 is 0 Å².